The first-order valence-corrected chi connectivity index (χ1v) is 3.31. The average molecular weight is 156 g/mol. The normalized spacial score (nSPS) is 11.7. The highest BCUT2D eigenvalue weighted by Crippen LogP contribution is 1.97. The molecule has 0 fully saturated rings. The van der Waals surface area contributed by atoms with E-state index in [2.05, 4.69) is 10.7 Å². The van der Waals surface area contributed by atoms with Crippen LogP contribution in [0.4, 0.5) is 0 Å². The average Bonchev–Trinajstić information content (AvgIpc) is 2.03. The Balaban J connectivity index is 3.45. The zero-order chi connectivity index (χ0) is 8.69. The van der Waals surface area contributed by atoms with E-state index in [4.69, 9.17) is 11.2 Å². The summed E-state index contributed by atoms with van der Waals surface area (Å²) in [5.74, 6) is 1.79. The first-order chi connectivity index (χ1) is 5.22. The van der Waals surface area contributed by atoms with E-state index in [0.29, 0.717) is 6.61 Å². The van der Waals surface area contributed by atoms with Gasteiger partial charge in [0.25, 0.3) is 0 Å². The number of hydrogen-bond donors (Lipinski definition) is 0. The highest BCUT2D eigenvalue weighted by atomic mass is 16.5. The number of ether oxygens (including phenoxy) is 2. The van der Waals surface area contributed by atoms with E-state index in [9.17, 15) is 4.79 Å². The van der Waals surface area contributed by atoms with Crippen LogP contribution in [-0.2, 0) is 14.3 Å². The summed E-state index contributed by atoms with van der Waals surface area (Å²) in [4.78, 5) is 10.8. The highest BCUT2D eigenvalue weighted by molar-refractivity contribution is 5.71. The van der Waals surface area contributed by atoms with Crippen molar-refractivity contribution in [2.75, 3.05) is 20.3 Å². The van der Waals surface area contributed by atoms with E-state index >= 15 is 0 Å². The molecular formula is C8H12O3. The van der Waals surface area contributed by atoms with Gasteiger partial charge in [-0.05, 0) is 6.92 Å². The van der Waals surface area contributed by atoms with Crippen molar-refractivity contribution in [3.8, 4) is 12.3 Å². The van der Waals surface area contributed by atoms with E-state index < -0.39 is 0 Å². The van der Waals surface area contributed by atoms with Crippen molar-refractivity contribution in [2.24, 2.45) is 5.92 Å². The lowest BCUT2D eigenvalue weighted by molar-refractivity contribution is -0.146. The molecule has 0 aromatic carbocycles. The zero-order valence-electron chi connectivity index (χ0n) is 6.79. The van der Waals surface area contributed by atoms with Gasteiger partial charge in [0, 0.05) is 0 Å². The molecule has 11 heavy (non-hydrogen) atoms. The van der Waals surface area contributed by atoms with Crippen LogP contribution >= 0.6 is 0 Å². The van der Waals surface area contributed by atoms with Crippen LogP contribution in [-0.4, -0.2) is 26.3 Å². The molecule has 0 N–H and O–H groups in total. The molecule has 0 saturated heterocycles. The predicted molar refractivity (Wildman–Crippen MR) is 40.8 cm³/mol. The number of rotatable bonds is 4. The summed E-state index contributed by atoms with van der Waals surface area (Å²) in [6.07, 6.45) is 4.93. The lowest BCUT2D eigenvalue weighted by atomic mass is 10.2. The van der Waals surface area contributed by atoms with Crippen molar-refractivity contribution < 1.29 is 14.3 Å². The van der Waals surface area contributed by atoms with Gasteiger partial charge >= 0.3 is 5.97 Å². The number of methoxy groups -OCH3 is 1. The molecule has 0 bridgehead atoms. The largest absolute Gasteiger partial charge is 0.469 e. The van der Waals surface area contributed by atoms with Gasteiger partial charge in [-0.15, -0.1) is 6.42 Å². The molecule has 3 nitrogen and oxygen atoms in total. The molecule has 0 aromatic rings. The third kappa shape index (κ3) is 4.40. The van der Waals surface area contributed by atoms with E-state index in [0.717, 1.165) is 0 Å². The molecule has 0 heterocycles. The molecule has 0 rings (SSSR count). The Bertz CT molecular complexity index is 157. The van der Waals surface area contributed by atoms with Crippen LogP contribution in [0, 0.1) is 18.3 Å². The monoisotopic (exact) mass is 156 g/mol. The van der Waals surface area contributed by atoms with Gasteiger partial charge in [-0.2, -0.15) is 0 Å². The van der Waals surface area contributed by atoms with Gasteiger partial charge < -0.3 is 9.47 Å². The maximum Gasteiger partial charge on any atom is 0.310 e. The summed E-state index contributed by atoms with van der Waals surface area (Å²) in [5, 5.41) is 0. The Morgan fingerprint density at radius 3 is 2.82 bits per heavy atom. The van der Waals surface area contributed by atoms with Crippen molar-refractivity contribution in [2.45, 2.75) is 6.92 Å². The number of hydrogen-bond acceptors (Lipinski definition) is 3. The van der Waals surface area contributed by atoms with E-state index in [1.54, 1.807) is 6.92 Å². The van der Waals surface area contributed by atoms with E-state index in [1.165, 1.54) is 7.11 Å². The summed E-state index contributed by atoms with van der Waals surface area (Å²) in [6.45, 7) is 2.28. The number of esters is 1. The number of carbonyl (C=O) groups is 1. The van der Waals surface area contributed by atoms with Crippen LogP contribution in [0.15, 0.2) is 0 Å². The maximum atomic E-state index is 10.8. The topological polar surface area (TPSA) is 35.5 Å². The second-order valence-corrected chi connectivity index (χ2v) is 2.14. The molecule has 0 aliphatic carbocycles. The summed E-state index contributed by atoms with van der Waals surface area (Å²) in [7, 11) is 1.35. The number of carbonyl (C=O) groups excluding carboxylic acids is 1. The van der Waals surface area contributed by atoms with Crippen molar-refractivity contribution in [3.63, 3.8) is 0 Å². The minimum Gasteiger partial charge on any atom is -0.469 e. The van der Waals surface area contributed by atoms with Gasteiger partial charge in [0.15, 0.2) is 0 Å². The first kappa shape index (κ1) is 9.99. The second kappa shape index (κ2) is 5.75. The quantitative estimate of drug-likeness (QED) is 0.336. The number of terminal acetylenes is 1. The van der Waals surface area contributed by atoms with Crippen LogP contribution < -0.4 is 0 Å². The van der Waals surface area contributed by atoms with Crippen molar-refractivity contribution >= 4 is 5.97 Å². The molecule has 0 amide bonds. The van der Waals surface area contributed by atoms with Gasteiger partial charge in [0.2, 0.25) is 0 Å². The molecule has 0 aliphatic rings. The van der Waals surface area contributed by atoms with Crippen LogP contribution in [0.1, 0.15) is 6.92 Å². The molecule has 62 valence electrons. The lowest BCUT2D eigenvalue weighted by Crippen LogP contribution is -2.18. The minimum absolute atomic E-state index is 0.237. The van der Waals surface area contributed by atoms with Crippen LogP contribution in [0.25, 0.3) is 0 Å². The SMILES string of the molecule is C#CCOCC(C)C(=O)OC. The third-order valence-corrected chi connectivity index (χ3v) is 1.16. The van der Waals surface area contributed by atoms with Crippen LogP contribution in [0.2, 0.25) is 0 Å². The molecule has 0 spiro atoms. The van der Waals surface area contributed by atoms with Gasteiger partial charge in [-0.3, -0.25) is 4.79 Å². The Hall–Kier alpha value is -1.01. The molecule has 0 aromatic heterocycles. The van der Waals surface area contributed by atoms with E-state index in [-0.39, 0.29) is 18.5 Å². The molecule has 1 atom stereocenters. The summed E-state index contributed by atoms with van der Waals surface area (Å²) in [5.41, 5.74) is 0. The standard InChI is InChI=1S/C8H12O3/c1-4-5-11-6-7(2)8(9)10-3/h1,7H,5-6H2,2-3H3. The molecule has 0 radical (unpaired) electrons. The third-order valence-electron chi connectivity index (χ3n) is 1.16. The van der Waals surface area contributed by atoms with Gasteiger partial charge in [0.05, 0.1) is 19.6 Å². The van der Waals surface area contributed by atoms with Crippen molar-refractivity contribution in [1.29, 1.82) is 0 Å². The van der Waals surface area contributed by atoms with Gasteiger partial charge in [0.1, 0.15) is 6.61 Å². The van der Waals surface area contributed by atoms with Crippen LogP contribution in [0.5, 0.6) is 0 Å². The summed E-state index contributed by atoms with van der Waals surface area (Å²) in [6, 6.07) is 0. The summed E-state index contributed by atoms with van der Waals surface area (Å²) < 4.78 is 9.40. The smallest absolute Gasteiger partial charge is 0.310 e. The predicted octanol–water partition coefficient (Wildman–Crippen LogP) is 0.445. The highest BCUT2D eigenvalue weighted by Gasteiger charge is 2.11. The fourth-order valence-corrected chi connectivity index (χ4v) is 0.564. The Morgan fingerprint density at radius 1 is 1.73 bits per heavy atom. The minimum atomic E-state index is -0.276. The molecule has 0 saturated carbocycles. The Labute approximate surface area is 66.7 Å². The van der Waals surface area contributed by atoms with Crippen LogP contribution in [0.3, 0.4) is 0 Å². The fourth-order valence-electron chi connectivity index (χ4n) is 0.564. The molecule has 3 heteroatoms. The van der Waals surface area contributed by atoms with Crippen molar-refractivity contribution in [1.82, 2.24) is 0 Å². The van der Waals surface area contributed by atoms with Gasteiger partial charge in [-0.25, -0.2) is 0 Å². The second-order valence-electron chi connectivity index (χ2n) is 2.14. The van der Waals surface area contributed by atoms with Gasteiger partial charge in [-0.1, -0.05) is 5.92 Å². The fraction of sp³-hybridized carbons (Fsp3) is 0.625. The molecular weight excluding hydrogens is 144 g/mol. The summed E-state index contributed by atoms with van der Waals surface area (Å²) >= 11 is 0. The zero-order valence-corrected chi connectivity index (χ0v) is 6.79. The first-order valence-electron chi connectivity index (χ1n) is 3.31. The van der Waals surface area contributed by atoms with Crippen molar-refractivity contribution in [3.05, 3.63) is 0 Å². The Kier molecular flexibility index (Phi) is 5.22. The maximum absolute atomic E-state index is 10.8. The molecule has 1 unspecified atom stereocenters. The Morgan fingerprint density at radius 2 is 2.36 bits per heavy atom. The lowest BCUT2D eigenvalue weighted by Gasteiger charge is -2.07. The molecule has 0 aliphatic heterocycles. The van der Waals surface area contributed by atoms with E-state index in [1.807, 2.05) is 0 Å².